The second kappa shape index (κ2) is 27.8. The van der Waals surface area contributed by atoms with Crippen molar-refractivity contribution in [2.75, 3.05) is 26.3 Å². The van der Waals surface area contributed by atoms with E-state index in [0.717, 1.165) is 73.6 Å². The SMILES string of the molecule is CCC(C)(C)C(=O)C(=O)N1CCCCC1C(=O)OC(CCc1ccccc1)c1cccc(OCCCCCCOc2cccc(C(CCc3ccccc3)OC(=O)C3CCCCN3C(=O)C(=O)C(C)(C)CC)c2)c1. The number of benzene rings is 4. The number of carbonyl (C=O) groups excluding carboxylic acids is 6. The maximum absolute atomic E-state index is 14.0. The highest BCUT2D eigenvalue weighted by Gasteiger charge is 2.43. The zero-order valence-electron chi connectivity index (χ0n) is 44.8. The Morgan fingerprint density at radius 1 is 0.514 bits per heavy atom. The van der Waals surface area contributed by atoms with Gasteiger partial charge < -0.3 is 28.7 Å². The molecule has 2 heterocycles. The second-order valence-corrected chi connectivity index (χ2v) is 21.3. The van der Waals surface area contributed by atoms with Gasteiger partial charge in [-0.05, 0) is 149 Å². The van der Waals surface area contributed by atoms with Crippen LogP contribution in [-0.4, -0.2) is 83.5 Å². The monoisotopic (exact) mass is 1010 g/mol. The average molecular weight is 1010 g/mol. The lowest BCUT2D eigenvalue weighted by molar-refractivity contribution is -0.165. The zero-order chi connectivity index (χ0) is 53.1. The second-order valence-electron chi connectivity index (χ2n) is 21.3. The van der Waals surface area contributed by atoms with Gasteiger partial charge in [0.2, 0.25) is 11.6 Å². The Kier molecular flexibility index (Phi) is 21.4. The number of likely N-dealkylation sites (tertiary alicyclic amines) is 2. The van der Waals surface area contributed by atoms with Crippen molar-refractivity contribution in [2.45, 2.75) is 169 Å². The Morgan fingerprint density at radius 2 is 0.905 bits per heavy atom. The number of rotatable bonds is 27. The van der Waals surface area contributed by atoms with Crippen molar-refractivity contribution in [1.29, 1.82) is 0 Å². The van der Waals surface area contributed by atoms with Crippen LogP contribution < -0.4 is 9.47 Å². The van der Waals surface area contributed by atoms with Gasteiger partial charge in [0.15, 0.2) is 0 Å². The Bertz CT molecular complexity index is 2300. The van der Waals surface area contributed by atoms with Gasteiger partial charge in [0.1, 0.15) is 35.8 Å². The standard InChI is InChI=1S/C62H80N2O10/c1-7-61(3,4)55(65)57(67)63-39-19-17-33-51(63)59(69)73-53(37-35-45-25-13-11-14-26-45)47-29-23-31-49(43-47)71-41-21-9-10-22-42-72-50-32-24-30-48(44-50)54(38-36-46-27-15-12-16-28-46)74-60(70)52-34-18-20-40-64(52)58(68)56(66)62(5,6)8-2/h11-16,23-32,43-44,51-54H,7-10,17-22,33-42H2,1-6H3. The average Bonchev–Trinajstić information content (AvgIpc) is 3.43. The van der Waals surface area contributed by atoms with E-state index in [1.165, 1.54) is 9.80 Å². The predicted octanol–water partition coefficient (Wildman–Crippen LogP) is 11.9. The molecule has 2 aliphatic heterocycles. The summed E-state index contributed by atoms with van der Waals surface area (Å²) in [6.07, 6.45) is 9.64. The first-order valence-corrected chi connectivity index (χ1v) is 27.3. The van der Waals surface area contributed by atoms with Crippen LogP contribution in [0.4, 0.5) is 0 Å². The summed E-state index contributed by atoms with van der Waals surface area (Å²) < 4.78 is 25.1. The molecule has 4 aromatic rings. The minimum atomic E-state index is -0.822. The summed E-state index contributed by atoms with van der Waals surface area (Å²) >= 11 is 0. The van der Waals surface area contributed by atoms with Gasteiger partial charge >= 0.3 is 11.9 Å². The molecule has 0 aliphatic carbocycles. The van der Waals surface area contributed by atoms with Gasteiger partial charge in [0.05, 0.1) is 13.2 Å². The van der Waals surface area contributed by atoms with Crippen LogP contribution in [0.25, 0.3) is 0 Å². The molecule has 4 unspecified atom stereocenters. The lowest BCUT2D eigenvalue weighted by Crippen LogP contribution is -2.53. The van der Waals surface area contributed by atoms with Crippen molar-refractivity contribution in [1.82, 2.24) is 9.80 Å². The van der Waals surface area contributed by atoms with Crippen LogP contribution in [0, 0.1) is 10.8 Å². The molecule has 4 aromatic carbocycles. The fraction of sp³-hybridized carbons (Fsp3) is 0.516. The molecule has 2 saturated heterocycles. The number of hydrogen-bond donors (Lipinski definition) is 0. The molecule has 4 atom stereocenters. The molecular formula is C62H80N2O10. The van der Waals surface area contributed by atoms with E-state index in [1.807, 2.05) is 98.8 Å². The van der Waals surface area contributed by atoms with Crippen LogP contribution in [0.2, 0.25) is 0 Å². The van der Waals surface area contributed by atoms with Crippen LogP contribution in [0.5, 0.6) is 11.5 Å². The van der Waals surface area contributed by atoms with Crippen LogP contribution in [0.3, 0.4) is 0 Å². The zero-order valence-corrected chi connectivity index (χ0v) is 44.8. The highest BCUT2D eigenvalue weighted by Crippen LogP contribution is 2.33. The minimum Gasteiger partial charge on any atom is -0.494 e. The number of nitrogens with zero attached hydrogens (tertiary/aromatic N) is 2. The van der Waals surface area contributed by atoms with Crippen molar-refractivity contribution in [3.63, 3.8) is 0 Å². The normalized spacial score (nSPS) is 16.9. The molecule has 0 bridgehead atoms. The fourth-order valence-electron chi connectivity index (χ4n) is 9.46. The molecular weight excluding hydrogens is 933 g/mol. The highest BCUT2D eigenvalue weighted by molar-refractivity contribution is 6.38. The molecule has 0 aromatic heterocycles. The summed E-state index contributed by atoms with van der Waals surface area (Å²) in [4.78, 5) is 84.4. The quantitative estimate of drug-likeness (QED) is 0.0321. The van der Waals surface area contributed by atoms with Crippen molar-refractivity contribution >= 4 is 35.3 Å². The van der Waals surface area contributed by atoms with Crippen LogP contribution >= 0.6 is 0 Å². The summed E-state index contributed by atoms with van der Waals surface area (Å²) in [5, 5.41) is 0. The molecule has 2 aliphatic rings. The van der Waals surface area contributed by atoms with Crippen LogP contribution in [0.1, 0.15) is 166 Å². The molecule has 12 nitrogen and oxygen atoms in total. The van der Waals surface area contributed by atoms with Gasteiger partial charge in [-0.3, -0.25) is 19.2 Å². The van der Waals surface area contributed by atoms with Gasteiger partial charge in [-0.1, -0.05) is 126 Å². The topological polar surface area (TPSA) is 146 Å². The molecule has 0 saturated carbocycles. The van der Waals surface area contributed by atoms with E-state index < -0.39 is 70.4 Å². The first kappa shape index (κ1) is 57.0. The maximum Gasteiger partial charge on any atom is 0.329 e. The third-order valence-corrected chi connectivity index (χ3v) is 15.1. The van der Waals surface area contributed by atoms with Gasteiger partial charge in [-0.15, -0.1) is 0 Å². The van der Waals surface area contributed by atoms with Crippen molar-refractivity contribution in [3.8, 4) is 11.5 Å². The number of unbranched alkanes of at least 4 members (excludes halogenated alkanes) is 3. The fourth-order valence-corrected chi connectivity index (χ4v) is 9.46. The van der Waals surface area contributed by atoms with Crippen molar-refractivity contribution in [3.05, 3.63) is 131 Å². The molecule has 12 heteroatoms. The molecule has 74 heavy (non-hydrogen) atoms. The van der Waals surface area contributed by atoms with Gasteiger partial charge in [0.25, 0.3) is 11.8 Å². The van der Waals surface area contributed by atoms with Crippen molar-refractivity contribution in [2.24, 2.45) is 10.8 Å². The van der Waals surface area contributed by atoms with Gasteiger partial charge in [-0.2, -0.15) is 0 Å². The molecule has 2 fully saturated rings. The van der Waals surface area contributed by atoms with E-state index in [0.29, 0.717) is 89.2 Å². The van der Waals surface area contributed by atoms with E-state index in [9.17, 15) is 28.8 Å². The number of ether oxygens (including phenoxy) is 4. The van der Waals surface area contributed by atoms with Gasteiger partial charge in [0, 0.05) is 23.9 Å². The number of esters is 2. The summed E-state index contributed by atoms with van der Waals surface area (Å²) in [6.45, 7) is 12.5. The van der Waals surface area contributed by atoms with E-state index in [1.54, 1.807) is 27.7 Å². The largest absolute Gasteiger partial charge is 0.494 e. The number of aryl methyl sites for hydroxylation is 2. The minimum absolute atomic E-state index is 0.343. The predicted molar refractivity (Wildman–Crippen MR) is 286 cm³/mol. The molecule has 398 valence electrons. The molecule has 2 amide bonds. The van der Waals surface area contributed by atoms with E-state index >= 15 is 0 Å². The van der Waals surface area contributed by atoms with Gasteiger partial charge in [-0.25, -0.2) is 9.59 Å². The van der Waals surface area contributed by atoms with E-state index in [2.05, 4.69) is 24.3 Å². The summed E-state index contributed by atoms with van der Waals surface area (Å²) in [6, 6.07) is 33.8. The summed E-state index contributed by atoms with van der Waals surface area (Å²) in [7, 11) is 0. The summed E-state index contributed by atoms with van der Waals surface area (Å²) in [5.74, 6) is -1.81. The summed E-state index contributed by atoms with van der Waals surface area (Å²) in [5.41, 5.74) is 2.21. The Morgan fingerprint density at radius 3 is 1.28 bits per heavy atom. The van der Waals surface area contributed by atoms with E-state index in [-0.39, 0.29) is 0 Å². The third-order valence-electron chi connectivity index (χ3n) is 15.1. The number of carbonyl (C=O) groups is 6. The third kappa shape index (κ3) is 16.1. The lowest BCUT2D eigenvalue weighted by atomic mass is 9.84. The number of ketones is 2. The van der Waals surface area contributed by atoms with Crippen molar-refractivity contribution < 1.29 is 47.7 Å². The molecule has 0 N–H and O–H groups in total. The smallest absolute Gasteiger partial charge is 0.329 e. The maximum atomic E-state index is 14.0. The Balaban J connectivity index is 1.01. The number of hydrogen-bond acceptors (Lipinski definition) is 10. The van der Waals surface area contributed by atoms with E-state index in [4.69, 9.17) is 18.9 Å². The molecule has 0 radical (unpaired) electrons. The van der Waals surface area contributed by atoms with Crippen LogP contribution in [0.15, 0.2) is 109 Å². The molecule has 6 rings (SSSR count). The number of amides is 2. The Labute approximate surface area is 439 Å². The number of Topliss-reactive ketones (excluding diaryl/α,β-unsaturated/α-hetero) is 2. The first-order valence-electron chi connectivity index (χ1n) is 27.3. The molecule has 0 spiro atoms. The first-order chi connectivity index (χ1) is 35.6. The Hall–Kier alpha value is -6.30. The lowest BCUT2D eigenvalue weighted by Gasteiger charge is -2.36. The van der Waals surface area contributed by atoms with Crippen LogP contribution in [-0.2, 0) is 51.1 Å². The highest BCUT2D eigenvalue weighted by atomic mass is 16.6. The number of piperidine rings is 2.